The van der Waals surface area contributed by atoms with Crippen LogP contribution >= 0.6 is 0 Å². The normalized spacial score (nSPS) is 25.8. The van der Waals surface area contributed by atoms with Crippen LogP contribution in [0.25, 0.3) is 0 Å². The number of benzene rings is 1. The van der Waals surface area contributed by atoms with Gasteiger partial charge in [0.15, 0.2) is 0 Å². The Morgan fingerprint density at radius 3 is 3.00 bits per heavy atom. The highest BCUT2D eigenvalue weighted by molar-refractivity contribution is 5.80. The topological polar surface area (TPSA) is 73.1 Å². The smallest absolute Gasteiger partial charge is 0.225 e. The van der Waals surface area contributed by atoms with Gasteiger partial charge in [0.1, 0.15) is 11.3 Å². The molecule has 0 spiro atoms. The molecule has 0 aliphatic heterocycles. The van der Waals surface area contributed by atoms with E-state index in [1.54, 1.807) is 24.3 Å². The molecule has 4 heteroatoms. The molecule has 100 valence electrons. The molecule has 1 aliphatic rings. The zero-order valence-corrected chi connectivity index (χ0v) is 11.0. The molecule has 1 amide bonds. The Morgan fingerprint density at radius 2 is 2.42 bits per heavy atom. The summed E-state index contributed by atoms with van der Waals surface area (Å²) in [6.45, 7) is 2.00. The van der Waals surface area contributed by atoms with E-state index in [-0.39, 0.29) is 24.0 Å². The van der Waals surface area contributed by atoms with Crippen LogP contribution in [-0.2, 0) is 11.2 Å². The first kappa shape index (κ1) is 13.4. The molecule has 2 rings (SSSR count). The van der Waals surface area contributed by atoms with E-state index in [0.29, 0.717) is 0 Å². The number of hydrogen-bond acceptors (Lipinski definition) is 3. The average molecular weight is 258 g/mol. The number of rotatable bonds is 3. The van der Waals surface area contributed by atoms with Gasteiger partial charge in [-0.1, -0.05) is 19.1 Å². The van der Waals surface area contributed by atoms with Gasteiger partial charge >= 0.3 is 0 Å². The first-order valence-electron chi connectivity index (χ1n) is 6.56. The van der Waals surface area contributed by atoms with Gasteiger partial charge in [0, 0.05) is 0 Å². The lowest BCUT2D eigenvalue weighted by Crippen LogP contribution is -2.49. The highest BCUT2D eigenvalue weighted by Gasteiger charge is 2.41. The highest BCUT2D eigenvalue weighted by atomic mass is 16.3. The number of phenols is 1. The van der Waals surface area contributed by atoms with E-state index in [1.165, 1.54) is 0 Å². The van der Waals surface area contributed by atoms with Crippen LogP contribution in [0.3, 0.4) is 0 Å². The van der Waals surface area contributed by atoms with E-state index in [1.807, 2.05) is 6.92 Å². The molecule has 0 aromatic heterocycles. The van der Waals surface area contributed by atoms with E-state index in [0.717, 1.165) is 24.8 Å². The second-order valence-electron chi connectivity index (χ2n) is 5.27. The zero-order chi connectivity index (χ0) is 13.9. The van der Waals surface area contributed by atoms with Crippen LogP contribution in [0.15, 0.2) is 24.3 Å². The fourth-order valence-electron chi connectivity index (χ4n) is 2.70. The standard InChI is InChI=1S/C15H18N2O2/c1-11-4-3-7-15(11,10-16)17-14(19)9-12-5-2-6-13(18)8-12/h2,5-6,8,11,18H,3-4,7,9H2,1H3,(H,17,19)/t11-,15-/m1/s1. The third kappa shape index (κ3) is 2.87. The summed E-state index contributed by atoms with van der Waals surface area (Å²) in [5.74, 6) is 0.168. The van der Waals surface area contributed by atoms with Gasteiger partial charge in [0.2, 0.25) is 5.91 Å². The summed E-state index contributed by atoms with van der Waals surface area (Å²) < 4.78 is 0. The van der Waals surface area contributed by atoms with E-state index >= 15 is 0 Å². The molecule has 2 atom stereocenters. The number of carbonyl (C=O) groups is 1. The van der Waals surface area contributed by atoms with Crippen molar-refractivity contribution in [2.45, 2.75) is 38.1 Å². The van der Waals surface area contributed by atoms with Crippen LogP contribution in [0, 0.1) is 17.2 Å². The fraction of sp³-hybridized carbons (Fsp3) is 0.467. The molecule has 1 aromatic carbocycles. The maximum absolute atomic E-state index is 12.0. The van der Waals surface area contributed by atoms with Gasteiger partial charge in [0.05, 0.1) is 12.5 Å². The predicted octanol–water partition coefficient (Wildman–Crippen LogP) is 2.13. The molecular weight excluding hydrogens is 240 g/mol. The molecule has 1 aliphatic carbocycles. The number of hydrogen-bond donors (Lipinski definition) is 2. The summed E-state index contributed by atoms with van der Waals surface area (Å²) in [7, 11) is 0. The van der Waals surface area contributed by atoms with Crippen LogP contribution in [-0.4, -0.2) is 16.6 Å². The van der Waals surface area contributed by atoms with Gasteiger partial charge in [-0.05, 0) is 42.9 Å². The van der Waals surface area contributed by atoms with Crippen LogP contribution < -0.4 is 5.32 Å². The van der Waals surface area contributed by atoms with Crippen molar-refractivity contribution >= 4 is 5.91 Å². The minimum Gasteiger partial charge on any atom is -0.508 e. The molecule has 0 heterocycles. The van der Waals surface area contributed by atoms with E-state index in [4.69, 9.17) is 0 Å². The van der Waals surface area contributed by atoms with Crippen molar-refractivity contribution in [1.29, 1.82) is 5.26 Å². The maximum atomic E-state index is 12.0. The number of nitrogens with one attached hydrogen (secondary N) is 1. The first-order chi connectivity index (χ1) is 9.05. The summed E-state index contributed by atoms with van der Waals surface area (Å²) in [5.41, 5.74) is 0.0321. The lowest BCUT2D eigenvalue weighted by atomic mass is 9.89. The zero-order valence-electron chi connectivity index (χ0n) is 11.0. The van der Waals surface area contributed by atoms with Gasteiger partial charge < -0.3 is 10.4 Å². The van der Waals surface area contributed by atoms with Crippen molar-refractivity contribution < 1.29 is 9.90 Å². The monoisotopic (exact) mass is 258 g/mol. The molecule has 2 N–H and O–H groups in total. The summed E-state index contributed by atoms with van der Waals surface area (Å²) >= 11 is 0. The van der Waals surface area contributed by atoms with Crippen LogP contribution in [0.2, 0.25) is 0 Å². The Labute approximate surface area is 113 Å². The number of amides is 1. The van der Waals surface area contributed by atoms with E-state index in [9.17, 15) is 15.2 Å². The number of nitrogens with zero attached hydrogens (tertiary/aromatic N) is 1. The molecular formula is C15H18N2O2. The highest BCUT2D eigenvalue weighted by Crippen LogP contribution is 2.34. The van der Waals surface area contributed by atoms with Crippen molar-refractivity contribution in [1.82, 2.24) is 5.32 Å². The molecule has 0 unspecified atom stereocenters. The number of carbonyl (C=O) groups excluding carboxylic acids is 1. The van der Waals surface area contributed by atoms with Gasteiger partial charge in [-0.25, -0.2) is 0 Å². The third-order valence-corrected chi connectivity index (χ3v) is 3.89. The number of aromatic hydroxyl groups is 1. The second kappa shape index (κ2) is 5.31. The summed E-state index contributed by atoms with van der Waals surface area (Å²) in [6, 6.07) is 8.90. The quantitative estimate of drug-likeness (QED) is 0.872. The molecule has 19 heavy (non-hydrogen) atoms. The van der Waals surface area contributed by atoms with Crippen molar-refractivity contribution in [3.05, 3.63) is 29.8 Å². The fourth-order valence-corrected chi connectivity index (χ4v) is 2.70. The molecule has 1 saturated carbocycles. The Hall–Kier alpha value is -2.02. The minimum absolute atomic E-state index is 0.148. The minimum atomic E-state index is -0.714. The van der Waals surface area contributed by atoms with E-state index < -0.39 is 5.54 Å². The summed E-state index contributed by atoms with van der Waals surface area (Å²) in [6.07, 6.45) is 2.85. The van der Waals surface area contributed by atoms with Crippen molar-refractivity contribution in [3.63, 3.8) is 0 Å². The van der Waals surface area contributed by atoms with Gasteiger partial charge in [-0.3, -0.25) is 4.79 Å². The summed E-state index contributed by atoms with van der Waals surface area (Å²) in [4.78, 5) is 12.0. The van der Waals surface area contributed by atoms with Crippen LogP contribution in [0.1, 0.15) is 31.7 Å². The average Bonchev–Trinajstić information content (AvgIpc) is 2.71. The molecule has 4 nitrogen and oxygen atoms in total. The maximum Gasteiger partial charge on any atom is 0.225 e. The molecule has 1 fully saturated rings. The van der Waals surface area contributed by atoms with Crippen molar-refractivity contribution in [3.8, 4) is 11.8 Å². The number of nitriles is 1. The SMILES string of the molecule is C[C@@H]1CCC[C@]1(C#N)NC(=O)Cc1cccc(O)c1. The lowest BCUT2D eigenvalue weighted by Gasteiger charge is -2.27. The lowest BCUT2D eigenvalue weighted by molar-refractivity contribution is -0.122. The van der Waals surface area contributed by atoms with Gasteiger partial charge in [-0.2, -0.15) is 5.26 Å². The predicted molar refractivity (Wildman–Crippen MR) is 71.3 cm³/mol. The van der Waals surface area contributed by atoms with E-state index in [2.05, 4.69) is 11.4 Å². The Morgan fingerprint density at radius 1 is 1.63 bits per heavy atom. The largest absolute Gasteiger partial charge is 0.508 e. The Bertz CT molecular complexity index is 521. The number of phenolic OH excluding ortho intramolecular Hbond substituents is 1. The first-order valence-corrected chi connectivity index (χ1v) is 6.56. The Kier molecular flexibility index (Phi) is 3.75. The third-order valence-electron chi connectivity index (χ3n) is 3.89. The molecule has 0 bridgehead atoms. The molecule has 1 aromatic rings. The summed E-state index contributed by atoms with van der Waals surface area (Å²) in [5, 5.41) is 21.6. The van der Waals surface area contributed by atoms with Crippen molar-refractivity contribution in [2.24, 2.45) is 5.92 Å². The molecule has 0 saturated heterocycles. The van der Waals surface area contributed by atoms with Crippen molar-refractivity contribution in [2.75, 3.05) is 0 Å². The van der Waals surface area contributed by atoms with Crippen LogP contribution in [0.4, 0.5) is 0 Å². The second-order valence-corrected chi connectivity index (χ2v) is 5.27. The molecule has 0 radical (unpaired) electrons. The van der Waals surface area contributed by atoms with Gasteiger partial charge in [0.25, 0.3) is 0 Å². The van der Waals surface area contributed by atoms with Gasteiger partial charge in [-0.15, -0.1) is 0 Å². The van der Waals surface area contributed by atoms with Crippen LogP contribution in [0.5, 0.6) is 5.75 Å². The Balaban J connectivity index is 2.03.